The molecule has 0 saturated carbocycles. The number of carbonyl (C=O) groups is 1. The molecule has 2 rings (SSSR count). The van der Waals surface area contributed by atoms with Gasteiger partial charge in [-0.25, -0.2) is 0 Å². The highest BCUT2D eigenvalue weighted by atomic mass is 16.6. The van der Waals surface area contributed by atoms with Crippen molar-refractivity contribution in [2.45, 2.75) is 33.0 Å². The molecule has 8 nitrogen and oxygen atoms in total. The molecule has 1 aliphatic heterocycles. The van der Waals surface area contributed by atoms with E-state index in [0.29, 0.717) is 18.8 Å². The first-order valence-electron chi connectivity index (χ1n) is 7.05. The van der Waals surface area contributed by atoms with Crippen molar-refractivity contribution in [3.63, 3.8) is 0 Å². The summed E-state index contributed by atoms with van der Waals surface area (Å²) in [5, 5.41) is 11.0. The van der Waals surface area contributed by atoms with E-state index in [1.54, 1.807) is 17.9 Å². The van der Waals surface area contributed by atoms with E-state index in [1.807, 2.05) is 13.8 Å². The number of hydrogen-bond acceptors (Lipinski definition) is 6. The molecule has 1 amide bonds. The summed E-state index contributed by atoms with van der Waals surface area (Å²) in [6.45, 7) is 6.15. The number of rotatable bonds is 4. The minimum absolute atomic E-state index is 0.00157. The van der Waals surface area contributed by atoms with Crippen LogP contribution in [0.25, 0.3) is 0 Å². The predicted octanol–water partition coefficient (Wildman–Crippen LogP) is 1.31. The number of nitro groups is 1. The lowest BCUT2D eigenvalue weighted by atomic mass is 10.2. The quantitative estimate of drug-likeness (QED) is 0.615. The van der Waals surface area contributed by atoms with Gasteiger partial charge in [-0.2, -0.15) is 0 Å². The van der Waals surface area contributed by atoms with Crippen molar-refractivity contribution < 1.29 is 19.2 Å². The van der Waals surface area contributed by atoms with Gasteiger partial charge in [0, 0.05) is 20.0 Å². The molecule has 0 spiro atoms. The van der Waals surface area contributed by atoms with Gasteiger partial charge in [0.15, 0.2) is 6.61 Å². The molecule has 1 saturated heterocycles. The Morgan fingerprint density at radius 2 is 2.09 bits per heavy atom. The van der Waals surface area contributed by atoms with E-state index in [-0.39, 0.29) is 36.3 Å². The van der Waals surface area contributed by atoms with Gasteiger partial charge in [-0.1, -0.05) is 0 Å². The number of nitrogens with zero attached hydrogens (tertiary/aromatic N) is 3. The fourth-order valence-corrected chi connectivity index (χ4v) is 2.39. The van der Waals surface area contributed by atoms with Crippen molar-refractivity contribution in [2.75, 3.05) is 19.7 Å². The lowest BCUT2D eigenvalue weighted by Gasteiger charge is -2.35. The van der Waals surface area contributed by atoms with Gasteiger partial charge < -0.3 is 24.5 Å². The Kier molecular flexibility index (Phi) is 4.92. The molecule has 22 heavy (non-hydrogen) atoms. The van der Waals surface area contributed by atoms with E-state index in [2.05, 4.69) is 4.98 Å². The molecule has 0 aromatic carbocycles. The largest absolute Gasteiger partial charge is 0.476 e. The SMILES string of the molecule is Cc1ccc(OCC(=O)N2C[C@@H](C)O[C@H](C)C2)c([N+](=O)[O-])n1. The Balaban J connectivity index is 2.01. The van der Waals surface area contributed by atoms with E-state index < -0.39 is 4.92 Å². The van der Waals surface area contributed by atoms with Crippen LogP contribution in [0.1, 0.15) is 19.5 Å². The average molecular weight is 309 g/mol. The third-order valence-corrected chi connectivity index (χ3v) is 3.27. The van der Waals surface area contributed by atoms with Crippen molar-refractivity contribution in [1.29, 1.82) is 0 Å². The first-order valence-corrected chi connectivity index (χ1v) is 7.05. The average Bonchev–Trinajstić information content (AvgIpc) is 2.44. The van der Waals surface area contributed by atoms with Crippen molar-refractivity contribution in [2.24, 2.45) is 0 Å². The monoisotopic (exact) mass is 309 g/mol. The highest BCUT2D eigenvalue weighted by Crippen LogP contribution is 2.24. The summed E-state index contributed by atoms with van der Waals surface area (Å²) in [5.41, 5.74) is 0.515. The minimum Gasteiger partial charge on any atom is -0.476 e. The maximum atomic E-state index is 12.2. The predicted molar refractivity (Wildman–Crippen MR) is 77.7 cm³/mol. The third-order valence-electron chi connectivity index (χ3n) is 3.27. The molecule has 0 aliphatic carbocycles. The van der Waals surface area contributed by atoms with Crippen LogP contribution in [-0.4, -0.2) is 52.6 Å². The van der Waals surface area contributed by atoms with Gasteiger partial charge in [-0.05, 0) is 35.9 Å². The molecule has 2 heterocycles. The fraction of sp³-hybridized carbons (Fsp3) is 0.571. The topological polar surface area (TPSA) is 94.8 Å². The molecular weight excluding hydrogens is 290 g/mol. The maximum Gasteiger partial charge on any atom is 0.406 e. The van der Waals surface area contributed by atoms with Crippen molar-refractivity contribution >= 4 is 11.7 Å². The Morgan fingerprint density at radius 1 is 1.45 bits per heavy atom. The summed E-state index contributed by atoms with van der Waals surface area (Å²) in [5.74, 6) is -0.605. The zero-order chi connectivity index (χ0) is 16.3. The first-order chi connectivity index (χ1) is 10.4. The number of carbonyl (C=O) groups excluding carboxylic acids is 1. The van der Waals surface area contributed by atoms with Crippen molar-refractivity contribution in [3.8, 4) is 5.75 Å². The molecule has 0 radical (unpaired) electrons. The van der Waals surface area contributed by atoms with Gasteiger partial charge in [0.2, 0.25) is 5.75 Å². The summed E-state index contributed by atoms with van der Waals surface area (Å²) in [6, 6.07) is 3.06. The number of pyridine rings is 1. The van der Waals surface area contributed by atoms with Crippen LogP contribution in [0.5, 0.6) is 5.75 Å². The van der Waals surface area contributed by atoms with Crippen LogP contribution in [0, 0.1) is 17.0 Å². The summed E-state index contributed by atoms with van der Waals surface area (Å²) >= 11 is 0. The second-order valence-electron chi connectivity index (χ2n) is 5.38. The van der Waals surface area contributed by atoms with Gasteiger partial charge in [0.05, 0.1) is 12.2 Å². The number of aromatic nitrogens is 1. The number of amides is 1. The van der Waals surface area contributed by atoms with Gasteiger partial charge in [-0.15, -0.1) is 0 Å². The van der Waals surface area contributed by atoms with Crippen LogP contribution in [0.4, 0.5) is 5.82 Å². The van der Waals surface area contributed by atoms with Gasteiger partial charge in [-0.3, -0.25) is 4.79 Å². The lowest BCUT2D eigenvalue weighted by molar-refractivity contribution is -0.390. The molecule has 0 bridgehead atoms. The zero-order valence-electron chi connectivity index (χ0n) is 12.8. The standard InChI is InChI=1S/C14H19N3O5/c1-9-4-5-12(14(15-9)17(19)20)21-8-13(18)16-6-10(2)22-11(3)7-16/h4-5,10-11H,6-8H2,1-3H3/t10-,11-/m1/s1. The van der Waals surface area contributed by atoms with E-state index >= 15 is 0 Å². The minimum atomic E-state index is -0.619. The molecule has 1 aromatic heterocycles. The normalized spacial score (nSPS) is 21.5. The molecule has 1 aromatic rings. The van der Waals surface area contributed by atoms with Crippen LogP contribution >= 0.6 is 0 Å². The van der Waals surface area contributed by atoms with Crippen molar-refractivity contribution in [3.05, 3.63) is 27.9 Å². The highest BCUT2D eigenvalue weighted by molar-refractivity contribution is 5.78. The molecule has 0 N–H and O–H groups in total. The van der Waals surface area contributed by atoms with E-state index in [9.17, 15) is 14.9 Å². The fourth-order valence-electron chi connectivity index (χ4n) is 2.39. The maximum absolute atomic E-state index is 12.2. The Labute approximate surface area is 128 Å². The van der Waals surface area contributed by atoms with Gasteiger partial charge in [0.25, 0.3) is 5.91 Å². The zero-order valence-corrected chi connectivity index (χ0v) is 12.8. The smallest absolute Gasteiger partial charge is 0.406 e. The molecule has 120 valence electrons. The van der Waals surface area contributed by atoms with E-state index in [4.69, 9.17) is 9.47 Å². The Bertz CT molecular complexity index is 568. The van der Waals surface area contributed by atoms with Crippen LogP contribution in [0.3, 0.4) is 0 Å². The molecule has 1 aliphatic rings. The Hall–Kier alpha value is -2.22. The lowest BCUT2D eigenvalue weighted by Crippen LogP contribution is -2.49. The van der Waals surface area contributed by atoms with E-state index in [1.165, 1.54) is 6.07 Å². The number of morpholine rings is 1. The summed E-state index contributed by atoms with van der Waals surface area (Å²) in [4.78, 5) is 28.0. The third kappa shape index (κ3) is 3.91. The van der Waals surface area contributed by atoms with Crippen LogP contribution in [0.15, 0.2) is 12.1 Å². The van der Waals surface area contributed by atoms with Crippen LogP contribution in [-0.2, 0) is 9.53 Å². The first kappa shape index (κ1) is 16.2. The van der Waals surface area contributed by atoms with Crippen molar-refractivity contribution in [1.82, 2.24) is 9.88 Å². The number of ether oxygens (including phenoxy) is 2. The molecular formula is C14H19N3O5. The molecule has 2 atom stereocenters. The van der Waals surface area contributed by atoms with Crippen LogP contribution < -0.4 is 4.74 Å². The number of aryl methyl sites for hydroxylation is 1. The summed E-state index contributed by atoms with van der Waals surface area (Å²) in [7, 11) is 0. The van der Waals surface area contributed by atoms with Crippen LogP contribution in [0.2, 0.25) is 0 Å². The van der Waals surface area contributed by atoms with E-state index in [0.717, 1.165) is 0 Å². The second kappa shape index (κ2) is 6.69. The number of hydrogen-bond donors (Lipinski definition) is 0. The van der Waals surface area contributed by atoms with Gasteiger partial charge in [0.1, 0.15) is 5.69 Å². The Morgan fingerprint density at radius 3 is 2.68 bits per heavy atom. The molecule has 8 heteroatoms. The second-order valence-corrected chi connectivity index (χ2v) is 5.38. The highest BCUT2D eigenvalue weighted by Gasteiger charge is 2.27. The molecule has 1 fully saturated rings. The molecule has 0 unspecified atom stereocenters. The summed E-state index contributed by atoms with van der Waals surface area (Å²) in [6.07, 6.45) is -0.0776. The summed E-state index contributed by atoms with van der Waals surface area (Å²) < 4.78 is 10.9. The van der Waals surface area contributed by atoms with Gasteiger partial charge >= 0.3 is 5.82 Å².